The highest BCUT2D eigenvalue weighted by Crippen LogP contribution is 2.37. The maximum absolute atomic E-state index is 12.8. The fourth-order valence-corrected chi connectivity index (χ4v) is 5.29. The molecule has 8 heteroatoms. The Morgan fingerprint density at radius 1 is 1.00 bits per heavy atom. The predicted octanol–water partition coefficient (Wildman–Crippen LogP) is 6.33. The van der Waals surface area contributed by atoms with Crippen LogP contribution in [-0.4, -0.2) is 42.1 Å². The van der Waals surface area contributed by atoms with Crippen LogP contribution in [0, 0.1) is 12.3 Å². The van der Waals surface area contributed by atoms with Crippen molar-refractivity contribution in [3.63, 3.8) is 0 Å². The number of amides is 1. The Hall–Kier alpha value is -4.30. The molecule has 0 fully saturated rings. The molecule has 0 bridgehead atoms. The second kappa shape index (κ2) is 11.6. The number of rotatable bonds is 9. The smallest absolute Gasteiger partial charge is 0.283 e. The van der Waals surface area contributed by atoms with Gasteiger partial charge >= 0.3 is 0 Å². The fraction of sp³-hybridized carbons (Fsp3) is 0.194. The first-order chi connectivity index (χ1) is 19.0. The maximum Gasteiger partial charge on any atom is 0.283 e. The number of ether oxygens (including phenoxy) is 3. The summed E-state index contributed by atoms with van der Waals surface area (Å²) < 4.78 is 17.4. The second-order valence-corrected chi connectivity index (χ2v) is 9.88. The van der Waals surface area contributed by atoms with Crippen LogP contribution in [0.25, 0.3) is 11.8 Å². The standard InChI is InChI=1S/C31H29N3O4S/c1-4-21-14-20(2)15-24(16-21)37-12-13-38-27-11-10-22(18-28(27)36-3)17-25-29(32)34-26(23-8-6-5-7-9-23)19-39-31(34)33-30(25)35/h5-11,14-19,32H,4,12-13H2,1-3H3. The zero-order valence-corrected chi connectivity index (χ0v) is 22.9. The first kappa shape index (κ1) is 26.3. The van der Waals surface area contributed by atoms with Gasteiger partial charge in [0, 0.05) is 5.41 Å². The Morgan fingerprint density at radius 2 is 1.79 bits per heavy atom. The quantitative estimate of drug-likeness (QED) is 0.253. The van der Waals surface area contributed by atoms with Crippen LogP contribution in [0.4, 0.5) is 0 Å². The molecular weight excluding hydrogens is 510 g/mol. The van der Waals surface area contributed by atoms with Crippen molar-refractivity contribution in [2.75, 3.05) is 20.3 Å². The fourth-order valence-electron chi connectivity index (χ4n) is 4.40. The van der Waals surface area contributed by atoms with Crippen molar-refractivity contribution in [2.45, 2.75) is 20.3 Å². The summed E-state index contributed by atoms with van der Waals surface area (Å²) in [7, 11) is 1.57. The minimum Gasteiger partial charge on any atom is -0.493 e. The molecule has 3 aromatic carbocycles. The monoisotopic (exact) mass is 539 g/mol. The molecule has 0 saturated heterocycles. The lowest BCUT2D eigenvalue weighted by Crippen LogP contribution is -2.38. The molecule has 5 rings (SSSR count). The van der Waals surface area contributed by atoms with Crippen LogP contribution in [0.15, 0.2) is 82.7 Å². The van der Waals surface area contributed by atoms with Gasteiger partial charge in [0.25, 0.3) is 5.91 Å². The summed E-state index contributed by atoms with van der Waals surface area (Å²) >= 11 is 1.34. The van der Waals surface area contributed by atoms with Crippen LogP contribution in [-0.2, 0) is 11.2 Å². The lowest BCUT2D eigenvalue weighted by atomic mass is 10.1. The third-order valence-corrected chi connectivity index (χ3v) is 7.14. The Labute approximate surface area is 232 Å². The summed E-state index contributed by atoms with van der Waals surface area (Å²) in [6.07, 6.45) is 2.61. The average Bonchev–Trinajstić information content (AvgIpc) is 3.37. The number of hydrogen-bond donors (Lipinski definition) is 1. The van der Waals surface area contributed by atoms with E-state index >= 15 is 0 Å². The molecule has 7 nitrogen and oxygen atoms in total. The van der Waals surface area contributed by atoms with Crippen molar-refractivity contribution >= 4 is 40.4 Å². The van der Waals surface area contributed by atoms with E-state index in [1.54, 1.807) is 30.2 Å². The molecule has 2 aliphatic heterocycles. The normalized spacial score (nSPS) is 15.7. The van der Waals surface area contributed by atoms with E-state index < -0.39 is 5.91 Å². The molecule has 0 aliphatic carbocycles. The number of carbonyl (C=O) groups is 1. The molecule has 0 radical (unpaired) electrons. The van der Waals surface area contributed by atoms with E-state index in [0.29, 0.717) is 35.4 Å². The van der Waals surface area contributed by atoms with Gasteiger partial charge in [-0.15, -0.1) is 0 Å². The number of aliphatic imine (C=N–C) groups is 1. The molecular formula is C31H29N3O4S. The second-order valence-electron chi connectivity index (χ2n) is 9.04. The van der Waals surface area contributed by atoms with E-state index in [2.05, 4.69) is 24.9 Å². The Balaban J connectivity index is 1.28. The Kier molecular flexibility index (Phi) is 7.84. The molecule has 198 valence electrons. The van der Waals surface area contributed by atoms with Crippen molar-refractivity contribution < 1.29 is 19.0 Å². The van der Waals surface area contributed by atoms with Crippen LogP contribution in [0.5, 0.6) is 17.2 Å². The molecule has 1 N–H and O–H groups in total. The summed E-state index contributed by atoms with van der Waals surface area (Å²) in [5.41, 5.74) is 5.08. The van der Waals surface area contributed by atoms with Gasteiger partial charge in [0.1, 0.15) is 24.8 Å². The summed E-state index contributed by atoms with van der Waals surface area (Å²) in [5.74, 6) is 1.56. The van der Waals surface area contributed by atoms with Gasteiger partial charge in [0.2, 0.25) is 0 Å². The van der Waals surface area contributed by atoms with Crippen LogP contribution < -0.4 is 14.2 Å². The van der Waals surface area contributed by atoms with Gasteiger partial charge in [-0.1, -0.05) is 61.2 Å². The van der Waals surface area contributed by atoms with Gasteiger partial charge < -0.3 is 14.2 Å². The van der Waals surface area contributed by atoms with Gasteiger partial charge in [0.15, 0.2) is 16.7 Å². The number of aryl methyl sites for hydroxylation is 2. The molecule has 0 spiro atoms. The number of amidine groups is 2. The topological polar surface area (TPSA) is 84.2 Å². The highest BCUT2D eigenvalue weighted by molar-refractivity contribution is 8.17. The van der Waals surface area contributed by atoms with E-state index in [0.717, 1.165) is 23.4 Å². The first-order valence-corrected chi connectivity index (χ1v) is 13.5. The molecule has 39 heavy (non-hydrogen) atoms. The first-order valence-electron chi connectivity index (χ1n) is 12.7. The van der Waals surface area contributed by atoms with Crippen molar-refractivity contribution in [1.29, 1.82) is 5.41 Å². The zero-order valence-electron chi connectivity index (χ0n) is 22.1. The highest BCUT2D eigenvalue weighted by Gasteiger charge is 2.36. The Bertz CT molecular complexity index is 1510. The largest absolute Gasteiger partial charge is 0.493 e. The number of thioether (sulfide) groups is 1. The number of hydrogen-bond acceptors (Lipinski definition) is 6. The van der Waals surface area contributed by atoms with Crippen LogP contribution in [0.2, 0.25) is 0 Å². The summed E-state index contributed by atoms with van der Waals surface area (Å²) in [6, 6.07) is 21.4. The lowest BCUT2D eigenvalue weighted by Gasteiger charge is -2.27. The van der Waals surface area contributed by atoms with Gasteiger partial charge in [-0.25, -0.2) is 0 Å². The molecule has 0 unspecified atom stereocenters. The van der Waals surface area contributed by atoms with Gasteiger partial charge in [-0.05, 0) is 65.9 Å². The minimum atomic E-state index is -0.444. The van der Waals surface area contributed by atoms with Crippen molar-refractivity contribution in [1.82, 2.24) is 4.90 Å². The van der Waals surface area contributed by atoms with E-state index in [1.807, 2.05) is 53.9 Å². The molecule has 2 heterocycles. The van der Waals surface area contributed by atoms with Gasteiger partial charge in [-0.2, -0.15) is 4.99 Å². The molecule has 2 aliphatic rings. The maximum atomic E-state index is 12.8. The predicted molar refractivity (Wildman–Crippen MR) is 157 cm³/mol. The van der Waals surface area contributed by atoms with Gasteiger partial charge in [0.05, 0.1) is 18.4 Å². The zero-order chi connectivity index (χ0) is 27.4. The third-order valence-electron chi connectivity index (χ3n) is 6.31. The van der Waals surface area contributed by atoms with Crippen LogP contribution in [0.3, 0.4) is 0 Å². The van der Waals surface area contributed by atoms with Crippen molar-refractivity contribution in [3.05, 3.63) is 100.0 Å². The lowest BCUT2D eigenvalue weighted by molar-refractivity contribution is -0.114. The van der Waals surface area contributed by atoms with Crippen molar-refractivity contribution in [3.8, 4) is 17.2 Å². The van der Waals surface area contributed by atoms with E-state index in [9.17, 15) is 4.79 Å². The number of nitrogens with one attached hydrogen (secondary N) is 1. The van der Waals surface area contributed by atoms with E-state index in [1.165, 1.54) is 22.9 Å². The molecule has 0 atom stereocenters. The molecule has 0 aromatic heterocycles. The molecule has 0 saturated carbocycles. The van der Waals surface area contributed by atoms with E-state index in [-0.39, 0.29) is 11.4 Å². The third kappa shape index (κ3) is 5.76. The average molecular weight is 540 g/mol. The van der Waals surface area contributed by atoms with Crippen LogP contribution in [0.1, 0.15) is 29.2 Å². The van der Waals surface area contributed by atoms with Crippen LogP contribution >= 0.6 is 11.8 Å². The molecule has 1 amide bonds. The summed E-state index contributed by atoms with van der Waals surface area (Å²) in [5, 5.41) is 11.2. The summed E-state index contributed by atoms with van der Waals surface area (Å²) in [6.45, 7) is 4.91. The number of nitrogens with zero attached hydrogens (tertiary/aromatic N) is 2. The van der Waals surface area contributed by atoms with Gasteiger partial charge in [-0.3, -0.25) is 15.1 Å². The van der Waals surface area contributed by atoms with Crippen molar-refractivity contribution in [2.24, 2.45) is 4.99 Å². The minimum absolute atomic E-state index is 0.0870. The number of fused-ring (bicyclic) bond motifs is 1. The Morgan fingerprint density at radius 3 is 2.56 bits per heavy atom. The molecule has 3 aromatic rings. The number of carbonyl (C=O) groups excluding carboxylic acids is 1. The number of benzene rings is 3. The van der Waals surface area contributed by atoms with E-state index in [4.69, 9.17) is 19.6 Å². The summed E-state index contributed by atoms with van der Waals surface area (Å²) in [4.78, 5) is 18.8. The SMILES string of the molecule is CCc1cc(C)cc(OCCOc2ccc(C=C3C(=N)N4C(c5ccccc5)=CSC4=NC3=O)cc2OC)c1. The highest BCUT2D eigenvalue weighted by atomic mass is 32.2. The number of methoxy groups -OCH3 is 1.